The Morgan fingerprint density at radius 1 is 1.17 bits per heavy atom. The lowest BCUT2D eigenvalue weighted by molar-refractivity contribution is 0.0866. The number of likely N-dealkylation sites (tertiary alicyclic amines) is 1. The molecule has 0 saturated carbocycles. The Kier molecular flexibility index (Phi) is 3.16. The second kappa shape index (κ2) is 3.78. The van der Waals surface area contributed by atoms with Crippen molar-refractivity contribution in [1.82, 2.24) is 4.90 Å². The minimum atomic E-state index is 0.388. The van der Waals surface area contributed by atoms with Gasteiger partial charge >= 0.3 is 0 Å². The molecule has 0 unspecified atom stereocenters. The lowest BCUT2D eigenvalue weighted by Crippen LogP contribution is -2.46. The molecule has 12 heavy (non-hydrogen) atoms. The van der Waals surface area contributed by atoms with Gasteiger partial charge in [-0.25, -0.2) is 0 Å². The molecule has 1 aliphatic rings. The van der Waals surface area contributed by atoms with Crippen LogP contribution in [-0.4, -0.2) is 23.5 Å². The van der Waals surface area contributed by atoms with Gasteiger partial charge in [-0.15, -0.1) is 0 Å². The first-order valence-corrected chi connectivity index (χ1v) is 5.29. The summed E-state index contributed by atoms with van der Waals surface area (Å²) in [7, 11) is 0. The highest BCUT2D eigenvalue weighted by molar-refractivity contribution is 4.81. The Morgan fingerprint density at radius 2 is 1.67 bits per heavy atom. The first-order chi connectivity index (χ1) is 5.54. The molecule has 1 aliphatic heterocycles. The van der Waals surface area contributed by atoms with Gasteiger partial charge < -0.3 is 0 Å². The molecule has 72 valence electrons. The van der Waals surface area contributed by atoms with Crippen molar-refractivity contribution in [2.75, 3.05) is 13.1 Å². The van der Waals surface area contributed by atoms with E-state index in [9.17, 15) is 0 Å². The summed E-state index contributed by atoms with van der Waals surface area (Å²) in [6.45, 7) is 11.9. The van der Waals surface area contributed by atoms with Crippen LogP contribution in [0.2, 0.25) is 0 Å². The lowest BCUT2D eigenvalue weighted by atomic mass is 9.91. The third kappa shape index (κ3) is 2.48. The van der Waals surface area contributed by atoms with Crippen LogP contribution < -0.4 is 0 Å². The summed E-state index contributed by atoms with van der Waals surface area (Å²) in [6, 6.07) is 0. The van der Waals surface area contributed by atoms with Crippen molar-refractivity contribution in [3.05, 3.63) is 0 Å². The van der Waals surface area contributed by atoms with Crippen LogP contribution in [0.25, 0.3) is 0 Å². The predicted molar refractivity (Wildman–Crippen MR) is 54.3 cm³/mol. The van der Waals surface area contributed by atoms with E-state index in [4.69, 9.17) is 0 Å². The molecular formula is C11H23N. The molecule has 1 heterocycles. The Labute approximate surface area is 77.1 Å². The minimum absolute atomic E-state index is 0.388. The average molecular weight is 169 g/mol. The Morgan fingerprint density at radius 3 is 2.00 bits per heavy atom. The van der Waals surface area contributed by atoms with E-state index in [0.717, 1.165) is 5.92 Å². The molecule has 0 amide bonds. The molecule has 1 rings (SSSR count). The maximum absolute atomic E-state index is 2.61. The molecule has 1 heteroatoms. The summed E-state index contributed by atoms with van der Waals surface area (Å²) < 4.78 is 0. The number of piperidine rings is 1. The lowest BCUT2D eigenvalue weighted by Gasteiger charge is -2.40. The molecule has 1 nitrogen and oxygen atoms in total. The summed E-state index contributed by atoms with van der Waals surface area (Å²) >= 11 is 0. The van der Waals surface area contributed by atoms with E-state index in [2.05, 4.69) is 32.6 Å². The zero-order valence-corrected chi connectivity index (χ0v) is 9.06. The molecule has 0 atom stereocenters. The van der Waals surface area contributed by atoms with Gasteiger partial charge in [-0.1, -0.05) is 13.3 Å². The number of hydrogen-bond donors (Lipinski definition) is 0. The summed E-state index contributed by atoms with van der Waals surface area (Å²) in [5.41, 5.74) is 0.388. The van der Waals surface area contributed by atoms with Crippen molar-refractivity contribution in [1.29, 1.82) is 0 Å². The summed E-state index contributed by atoms with van der Waals surface area (Å²) in [6.07, 6.45) is 4.19. The maximum atomic E-state index is 2.61. The first kappa shape index (κ1) is 10.0. The average Bonchev–Trinajstić information content (AvgIpc) is 2.03. The van der Waals surface area contributed by atoms with Crippen molar-refractivity contribution in [2.24, 2.45) is 5.92 Å². The van der Waals surface area contributed by atoms with Crippen LogP contribution in [0.15, 0.2) is 0 Å². The van der Waals surface area contributed by atoms with E-state index >= 15 is 0 Å². The van der Waals surface area contributed by atoms with Crippen molar-refractivity contribution in [2.45, 2.75) is 52.5 Å². The third-order valence-corrected chi connectivity index (χ3v) is 3.14. The van der Waals surface area contributed by atoms with Crippen LogP contribution in [0, 0.1) is 5.92 Å². The van der Waals surface area contributed by atoms with Crippen molar-refractivity contribution in [3.63, 3.8) is 0 Å². The van der Waals surface area contributed by atoms with Gasteiger partial charge in [-0.05, 0) is 52.6 Å². The van der Waals surface area contributed by atoms with Crippen molar-refractivity contribution in [3.8, 4) is 0 Å². The summed E-state index contributed by atoms with van der Waals surface area (Å²) in [4.78, 5) is 2.61. The van der Waals surface area contributed by atoms with E-state index in [0.29, 0.717) is 5.54 Å². The molecule has 0 N–H and O–H groups in total. The zero-order chi connectivity index (χ0) is 9.19. The van der Waals surface area contributed by atoms with Crippen molar-refractivity contribution >= 4 is 0 Å². The van der Waals surface area contributed by atoms with Gasteiger partial charge in [0.15, 0.2) is 0 Å². The van der Waals surface area contributed by atoms with Gasteiger partial charge in [0.2, 0.25) is 0 Å². The predicted octanol–water partition coefficient (Wildman–Crippen LogP) is 2.91. The van der Waals surface area contributed by atoms with Crippen LogP contribution in [-0.2, 0) is 0 Å². The van der Waals surface area contributed by atoms with Crippen LogP contribution >= 0.6 is 0 Å². The highest BCUT2D eigenvalue weighted by Crippen LogP contribution is 2.25. The van der Waals surface area contributed by atoms with Gasteiger partial charge in [0.05, 0.1) is 0 Å². The van der Waals surface area contributed by atoms with Gasteiger partial charge in [-0.2, -0.15) is 0 Å². The summed E-state index contributed by atoms with van der Waals surface area (Å²) in [5.74, 6) is 1.00. The molecule has 0 bridgehead atoms. The fraction of sp³-hybridized carbons (Fsp3) is 1.00. The molecule has 0 radical (unpaired) electrons. The quantitative estimate of drug-likeness (QED) is 0.583. The van der Waals surface area contributed by atoms with E-state index in [1.807, 2.05) is 0 Å². The number of rotatable bonds is 1. The SMILES string of the molecule is CCC1CCN(C(C)(C)C)CC1. The van der Waals surface area contributed by atoms with Gasteiger partial charge in [0.1, 0.15) is 0 Å². The molecule has 0 aliphatic carbocycles. The van der Waals surface area contributed by atoms with Crippen molar-refractivity contribution < 1.29 is 0 Å². The summed E-state index contributed by atoms with van der Waals surface area (Å²) in [5, 5.41) is 0. The fourth-order valence-corrected chi connectivity index (χ4v) is 2.01. The van der Waals surface area contributed by atoms with E-state index in [1.54, 1.807) is 0 Å². The first-order valence-electron chi connectivity index (χ1n) is 5.29. The molecule has 1 fully saturated rings. The maximum Gasteiger partial charge on any atom is 0.0125 e. The van der Waals surface area contributed by atoms with Crippen LogP contribution in [0.1, 0.15) is 47.0 Å². The zero-order valence-electron chi connectivity index (χ0n) is 9.06. The minimum Gasteiger partial charge on any atom is -0.298 e. The molecule has 0 aromatic carbocycles. The second-order valence-corrected chi connectivity index (χ2v) is 5.01. The smallest absolute Gasteiger partial charge is 0.0125 e. The number of hydrogen-bond acceptors (Lipinski definition) is 1. The van der Waals surface area contributed by atoms with E-state index < -0.39 is 0 Å². The number of nitrogens with zero attached hydrogens (tertiary/aromatic N) is 1. The monoisotopic (exact) mass is 169 g/mol. The fourth-order valence-electron chi connectivity index (χ4n) is 2.01. The molecular weight excluding hydrogens is 146 g/mol. The standard InChI is InChI=1S/C11H23N/c1-5-10-6-8-12(9-7-10)11(2,3)4/h10H,5-9H2,1-4H3. The molecule has 1 saturated heterocycles. The van der Waals surface area contributed by atoms with E-state index in [-0.39, 0.29) is 0 Å². The second-order valence-electron chi connectivity index (χ2n) is 5.01. The van der Waals surface area contributed by atoms with Crippen LogP contribution in [0.4, 0.5) is 0 Å². The Hall–Kier alpha value is -0.0400. The topological polar surface area (TPSA) is 3.24 Å². The molecule has 0 aromatic rings. The Balaban J connectivity index is 2.36. The van der Waals surface area contributed by atoms with Crippen LogP contribution in [0.3, 0.4) is 0 Å². The van der Waals surface area contributed by atoms with Gasteiger partial charge in [0, 0.05) is 5.54 Å². The highest BCUT2D eigenvalue weighted by atomic mass is 15.2. The molecule has 0 spiro atoms. The van der Waals surface area contributed by atoms with Gasteiger partial charge in [-0.3, -0.25) is 4.90 Å². The van der Waals surface area contributed by atoms with E-state index in [1.165, 1.54) is 32.4 Å². The largest absolute Gasteiger partial charge is 0.298 e. The van der Waals surface area contributed by atoms with Crippen LogP contribution in [0.5, 0.6) is 0 Å². The van der Waals surface area contributed by atoms with Gasteiger partial charge in [0.25, 0.3) is 0 Å². The third-order valence-electron chi connectivity index (χ3n) is 3.14. The Bertz CT molecular complexity index is 126. The highest BCUT2D eigenvalue weighted by Gasteiger charge is 2.25. The molecule has 0 aromatic heterocycles. The normalized spacial score (nSPS) is 23.0.